The lowest BCUT2D eigenvalue weighted by molar-refractivity contribution is -0.119. The second-order valence-electron chi connectivity index (χ2n) is 4.82. The highest BCUT2D eigenvalue weighted by Crippen LogP contribution is 2.22. The number of amides is 1. The Labute approximate surface area is 109 Å². The molecule has 1 saturated heterocycles. The van der Waals surface area contributed by atoms with E-state index in [0.717, 1.165) is 19.3 Å². The fourth-order valence-electron chi connectivity index (χ4n) is 2.23. The van der Waals surface area contributed by atoms with Crippen LogP contribution in [0.25, 0.3) is 0 Å². The van der Waals surface area contributed by atoms with Gasteiger partial charge in [-0.1, -0.05) is 0 Å². The molecular formula is C11H23N3O3S. The summed E-state index contributed by atoms with van der Waals surface area (Å²) in [5.41, 5.74) is 10.5. The summed E-state index contributed by atoms with van der Waals surface area (Å²) in [7, 11) is -3.15. The zero-order valence-electron chi connectivity index (χ0n) is 10.7. The Kier molecular flexibility index (Phi) is 6.04. The van der Waals surface area contributed by atoms with Gasteiger partial charge in [-0.15, -0.1) is 0 Å². The van der Waals surface area contributed by atoms with Crippen LogP contribution < -0.4 is 11.5 Å². The molecule has 1 fully saturated rings. The van der Waals surface area contributed by atoms with Crippen LogP contribution in [0.2, 0.25) is 0 Å². The molecule has 7 heteroatoms. The molecule has 0 atom stereocenters. The molecular weight excluding hydrogens is 254 g/mol. The molecule has 0 spiro atoms. The maximum Gasteiger partial charge on any atom is 0.217 e. The normalized spacial score (nSPS) is 18.9. The van der Waals surface area contributed by atoms with E-state index < -0.39 is 10.0 Å². The second-order valence-corrected chi connectivity index (χ2v) is 6.91. The molecule has 1 heterocycles. The Balaban J connectivity index is 2.39. The van der Waals surface area contributed by atoms with Crippen molar-refractivity contribution in [2.24, 2.45) is 17.4 Å². The molecule has 0 aliphatic carbocycles. The minimum absolute atomic E-state index is 0.171. The molecule has 0 aromatic heterocycles. The first-order valence-corrected chi connectivity index (χ1v) is 8.03. The van der Waals surface area contributed by atoms with Crippen molar-refractivity contribution in [2.75, 3.05) is 25.4 Å². The minimum atomic E-state index is -3.15. The van der Waals surface area contributed by atoms with Crippen LogP contribution in [0.1, 0.15) is 32.1 Å². The highest BCUT2D eigenvalue weighted by atomic mass is 32.2. The first-order chi connectivity index (χ1) is 8.45. The van der Waals surface area contributed by atoms with Crippen molar-refractivity contribution in [2.45, 2.75) is 32.1 Å². The van der Waals surface area contributed by atoms with Crippen molar-refractivity contribution in [1.82, 2.24) is 4.31 Å². The van der Waals surface area contributed by atoms with E-state index in [1.807, 2.05) is 0 Å². The Morgan fingerprint density at radius 3 is 2.33 bits per heavy atom. The van der Waals surface area contributed by atoms with Gasteiger partial charge < -0.3 is 11.5 Å². The van der Waals surface area contributed by atoms with Crippen molar-refractivity contribution >= 4 is 15.9 Å². The third-order valence-corrected chi connectivity index (χ3v) is 5.27. The van der Waals surface area contributed by atoms with Gasteiger partial charge in [0.25, 0.3) is 0 Å². The van der Waals surface area contributed by atoms with Crippen molar-refractivity contribution in [1.29, 1.82) is 0 Å². The fourth-order valence-corrected chi connectivity index (χ4v) is 3.83. The van der Waals surface area contributed by atoms with Gasteiger partial charge in [-0.2, -0.15) is 0 Å². The van der Waals surface area contributed by atoms with Crippen LogP contribution in [0.4, 0.5) is 0 Å². The summed E-state index contributed by atoms with van der Waals surface area (Å²) < 4.78 is 25.5. The van der Waals surface area contributed by atoms with Gasteiger partial charge in [0.05, 0.1) is 5.75 Å². The monoisotopic (exact) mass is 277 g/mol. The van der Waals surface area contributed by atoms with Crippen LogP contribution in [0, 0.1) is 5.92 Å². The molecule has 0 bridgehead atoms. The smallest absolute Gasteiger partial charge is 0.217 e. The predicted molar refractivity (Wildman–Crippen MR) is 70.2 cm³/mol. The number of carbonyl (C=O) groups excluding carboxylic acids is 1. The van der Waals surface area contributed by atoms with Gasteiger partial charge in [0.2, 0.25) is 15.9 Å². The zero-order chi connectivity index (χ0) is 13.6. The van der Waals surface area contributed by atoms with E-state index in [2.05, 4.69) is 0 Å². The number of rotatable bonds is 7. The van der Waals surface area contributed by atoms with Crippen LogP contribution in [-0.2, 0) is 14.8 Å². The maximum absolute atomic E-state index is 12.0. The molecule has 0 aromatic carbocycles. The third kappa shape index (κ3) is 4.91. The summed E-state index contributed by atoms with van der Waals surface area (Å²) in [6.45, 7) is 1.53. The van der Waals surface area contributed by atoms with Gasteiger partial charge in [-0.25, -0.2) is 12.7 Å². The van der Waals surface area contributed by atoms with E-state index >= 15 is 0 Å². The summed E-state index contributed by atoms with van der Waals surface area (Å²) in [6.07, 6.45) is 3.15. The highest BCUT2D eigenvalue weighted by Gasteiger charge is 2.27. The Morgan fingerprint density at radius 1 is 1.22 bits per heavy atom. The molecule has 6 nitrogen and oxygen atoms in total. The minimum Gasteiger partial charge on any atom is -0.370 e. The molecule has 106 valence electrons. The van der Waals surface area contributed by atoms with Crippen LogP contribution in [0.3, 0.4) is 0 Å². The van der Waals surface area contributed by atoms with Crippen molar-refractivity contribution in [3.8, 4) is 0 Å². The van der Waals surface area contributed by atoms with Gasteiger partial charge in [0, 0.05) is 19.5 Å². The van der Waals surface area contributed by atoms with Crippen LogP contribution in [0.5, 0.6) is 0 Å². The third-order valence-electron chi connectivity index (χ3n) is 3.31. The summed E-state index contributed by atoms with van der Waals surface area (Å²) in [4.78, 5) is 10.8. The lowest BCUT2D eigenvalue weighted by atomic mass is 9.94. The van der Waals surface area contributed by atoms with Crippen molar-refractivity contribution < 1.29 is 13.2 Å². The number of nitrogens with two attached hydrogens (primary N) is 2. The van der Waals surface area contributed by atoms with Gasteiger partial charge in [0.1, 0.15) is 0 Å². The largest absolute Gasteiger partial charge is 0.370 e. The molecule has 0 radical (unpaired) electrons. The lowest BCUT2D eigenvalue weighted by Gasteiger charge is -2.30. The number of hydrogen-bond acceptors (Lipinski definition) is 4. The van der Waals surface area contributed by atoms with Gasteiger partial charge >= 0.3 is 0 Å². The average Bonchev–Trinajstić information content (AvgIpc) is 2.29. The number of unbranched alkanes of at least 4 members (excludes halogenated alkanes) is 1. The number of hydrogen-bond donors (Lipinski definition) is 2. The topological polar surface area (TPSA) is 106 Å². The van der Waals surface area contributed by atoms with E-state index in [-0.39, 0.29) is 17.6 Å². The summed E-state index contributed by atoms with van der Waals surface area (Å²) in [5, 5.41) is 0. The molecule has 1 aliphatic rings. The SMILES string of the molecule is NCCCCS(=O)(=O)N1CCC(CC(N)=O)CC1. The van der Waals surface area contributed by atoms with Crippen LogP contribution in [-0.4, -0.2) is 44.0 Å². The summed E-state index contributed by atoms with van der Waals surface area (Å²) >= 11 is 0. The van der Waals surface area contributed by atoms with Gasteiger partial charge in [0.15, 0.2) is 0 Å². The fraction of sp³-hybridized carbons (Fsp3) is 0.909. The van der Waals surface area contributed by atoms with Gasteiger partial charge in [-0.3, -0.25) is 4.79 Å². The lowest BCUT2D eigenvalue weighted by Crippen LogP contribution is -2.40. The van der Waals surface area contributed by atoms with E-state index in [1.165, 1.54) is 4.31 Å². The molecule has 18 heavy (non-hydrogen) atoms. The van der Waals surface area contributed by atoms with Gasteiger partial charge in [-0.05, 0) is 38.1 Å². The molecule has 1 amide bonds. The highest BCUT2D eigenvalue weighted by molar-refractivity contribution is 7.89. The number of nitrogens with zero attached hydrogens (tertiary/aromatic N) is 1. The second kappa shape index (κ2) is 7.06. The number of carbonyl (C=O) groups is 1. The molecule has 0 saturated carbocycles. The Hall–Kier alpha value is -0.660. The van der Waals surface area contributed by atoms with Crippen LogP contribution >= 0.6 is 0 Å². The molecule has 1 aliphatic heterocycles. The molecule has 0 unspecified atom stereocenters. The summed E-state index contributed by atoms with van der Waals surface area (Å²) in [6, 6.07) is 0. The van der Waals surface area contributed by atoms with Crippen molar-refractivity contribution in [3.05, 3.63) is 0 Å². The standard InChI is InChI=1S/C11H23N3O3S/c12-5-1-2-8-18(16,17)14-6-3-10(4-7-14)9-11(13)15/h10H,1-9,12H2,(H2,13,15). The molecule has 0 aromatic rings. The first-order valence-electron chi connectivity index (χ1n) is 6.42. The predicted octanol–water partition coefficient (Wildman–Crippen LogP) is -0.357. The Bertz CT molecular complexity index is 362. The number of sulfonamides is 1. The first kappa shape index (κ1) is 15.4. The molecule has 4 N–H and O–H groups in total. The summed E-state index contributed by atoms with van der Waals surface area (Å²) in [5.74, 6) is 0.0993. The number of piperidine rings is 1. The van der Waals surface area contributed by atoms with Crippen LogP contribution in [0.15, 0.2) is 0 Å². The van der Waals surface area contributed by atoms with E-state index in [4.69, 9.17) is 11.5 Å². The Morgan fingerprint density at radius 2 is 1.83 bits per heavy atom. The quantitative estimate of drug-likeness (QED) is 0.620. The van der Waals surface area contributed by atoms with E-state index in [9.17, 15) is 13.2 Å². The number of primary amides is 1. The zero-order valence-corrected chi connectivity index (χ0v) is 11.5. The average molecular weight is 277 g/mol. The van der Waals surface area contributed by atoms with E-state index in [0.29, 0.717) is 32.5 Å². The maximum atomic E-state index is 12.0. The van der Waals surface area contributed by atoms with Crippen molar-refractivity contribution in [3.63, 3.8) is 0 Å². The molecule has 1 rings (SSSR count). The van der Waals surface area contributed by atoms with E-state index in [1.54, 1.807) is 0 Å².